The summed E-state index contributed by atoms with van der Waals surface area (Å²) in [4.78, 5) is 21.3. The largest absolute Gasteiger partial charge is 0.493 e. The first-order chi connectivity index (χ1) is 9.45. The van der Waals surface area contributed by atoms with Crippen molar-refractivity contribution in [1.82, 2.24) is 5.43 Å². The van der Waals surface area contributed by atoms with E-state index in [0.29, 0.717) is 0 Å². The maximum absolute atomic E-state index is 12.3. The van der Waals surface area contributed by atoms with Gasteiger partial charge in [-0.05, 0) is 12.1 Å². The van der Waals surface area contributed by atoms with Crippen molar-refractivity contribution >= 4 is 18.0 Å². The van der Waals surface area contributed by atoms with E-state index in [4.69, 9.17) is 4.74 Å². The van der Waals surface area contributed by atoms with Gasteiger partial charge < -0.3 is 15.2 Å². The van der Waals surface area contributed by atoms with Crippen LogP contribution in [0.5, 0.6) is 11.5 Å². The van der Waals surface area contributed by atoms with Crippen molar-refractivity contribution in [2.24, 2.45) is 10.8 Å². The number of hydrogen-bond donors (Lipinski definition) is 2. The average molecular weight is 287 g/mol. The quantitative estimate of drug-likeness (QED) is 0.459. The average Bonchev–Trinajstić information content (AvgIpc) is 2.39. The summed E-state index contributed by atoms with van der Waals surface area (Å²) in [5.41, 5.74) is 6.63. The van der Waals surface area contributed by atoms with E-state index in [0.717, 1.165) is 6.21 Å². The zero-order chi connectivity index (χ0) is 15.1. The number of nitrogens with two attached hydrogens (primary N) is 1. The first-order valence-electron chi connectivity index (χ1n) is 5.20. The smallest absolute Gasteiger partial charge is 0.387 e. The summed E-state index contributed by atoms with van der Waals surface area (Å²) < 4.78 is 33.8. The molecule has 0 aliphatic rings. The molecule has 9 heteroatoms. The first kappa shape index (κ1) is 15.3. The van der Waals surface area contributed by atoms with E-state index in [1.165, 1.54) is 25.3 Å². The van der Waals surface area contributed by atoms with Crippen molar-refractivity contribution in [3.8, 4) is 11.5 Å². The number of rotatable bonds is 5. The number of hydrazone groups is 1. The number of primary amides is 1. The molecule has 3 N–H and O–H groups in total. The fourth-order valence-corrected chi connectivity index (χ4v) is 1.23. The summed E-state index contributed by atoms with van der Waals surface area (Å²) in [6.07, 6.45) is 1.01. The highest BCUT2D eigenvalue weighted by molar-refractivity contribution is 6.34. The standard InChI is InChI=1S/C11H11F2N3O4/c1-19-7-4-2-3-6(8(7)20-11(12)13)5-15-16-10(18)9(14)17/h2-5,11H,1H3,(H2,14,17)(H,16,18)/b15-5-. The summed E-state index contributed by atoms with van der Waals surface area (Å²) in [5.74, 6) is -2.55. The Bertz CT molecular complexity index is 534. The number of nitrogens with one attached hydrogen (secondary N) is 1. The lowest BCUT2D eigenvalue weighted by atomic mass is 10.2. The number of amides is 2. The summed E-state index contributed by atoms with van der Waals surface area (Å²) in [7, 11) is 1.28. The number of carbonyl (C=O) groups excluding carboxylic acids is 2. The van der Waals surface area contributed by atoms with Crippen molar-refractivity contribution in [3.05, 3.63) is 23.8 Å². The molecule has 2 amide bonds. The normalized spacial score (nSPS) is 10.6. The molecular weight excluding hydrogens is 276 g/mol. The van der Waals surface area contributed by atoms with Gasteiger partial charge in [0.15, 0.2) is 11.5 Å². The second kappa shape index (κ2) is 7.02. The second-order valence-corrected chi connectivity index (χ2v) is 3.32. The number of nitrogens with zero attached hydrogens (tertiary/aromatic N) is 1. The van der Waals surface area contributed by atoms with Crippen LogP contribution in [0.3, 0.4) is 0 Å². The minimum atomic E-state index is -3.06. The maximum Gasteiger partial charge on any atom is 0.387 e. The molecule has 0 aliphatic heterocycles. The van der Waals surface area contributed by atoms with E-state index in [1.54, 1.807) is 0 Å². The van der Waals surface area contributed by atoms with Crippen LogP contribution in [0, 0.1) is 0 Å². The molecule has 0 atom stereocenters. The Morgan fingerprint density at radius 2 is 2.15 bits per heavy atom. The Morgan fingerprint density at radius 1 is 1.45 bits per heavy atom. The molecule has 0 bridgehead atoms. The van der Waals surface area contributed by atoms with Gasteiger partial charge in [0.1, 0.15) is 0 Å². The summed E-state index contributed by atoms with van der Waals surface area (Å²) in [6, 6.07) is 4.33. The van der Waals surface area contributed by atoms with E-state index >= 15 is 0 Å². The van der Waals surface area contributed by atoms with Crippen molar-refractivity contribution in [2.75, 3.05) is 7.11 Å². The molecular formula is C11H11F2N3O4. The zero-order valence-electron chi connectivity index (χ0n) is 10.3. The first-order valence-corrected chi connectivity index (χ1v) is 5.20. The topological polar surface area (TPSA) is 103 Å². The molecule has 0 aliphatic carbocycles. The predicted molar refractivity (Wildman–Crippen MR) is 64.6 cm³/mol. The highest BCUT2D eigenvalue weighted by atomic mass is 19.3. The van der Waals surface area contributed by atoms with Gasteiger partial charge in [-0.15, -0.1) is 0 Å². The van der Waals surface area contributed by atoms with Crippen molar-refractivity contribution in [1.29, 1.82) is 0 Å². The highest BCUT2D eigenvalue weighted by Crippen LogP contribution is 2.31. The molecule has 0 heterocycles. The Balaban J connectivity index is 2.96. The molecule has 1 aromatic rings. The number of carbonyl (C=O) groups is 2. The van der Waals surface area contributed by atoms with Gasteiger partial charge in [0.2, 0.25) is 0 Å². The number of methoxy groups -OCH3 is 1. The van der Waals surface area contributed by atoms with Crippen molar-refractivity contribution in [2.45, 2.75) is 6.61 Å². The minimum Gasteiger partial charge on any atom is -0.493 e. The van der Waals surface area contributed by atoms with Crippen molar-refractivity contribution < 1.29 is 27.8 Å². The Labute approximate surface area is 112 Å². The molecule has 1 aromatic carbocycles. The monoisotopic (exact) mass is 287 g/mol. The van der Waals surface area contributed by atoms with Gasteiger partial charge in [0, 0.05) is 5.56 Å². The fraction of sp³-hybridized carbons (Fsp3) is 0.182. The van der Waals surface area contributed by atoms with Crippen LogP contribution in [0.2, 0.25) is 0 Å². The molecule has 0 unspecified atom stereocenters. The van der Waals surface area contributed by atoms with Gasteiger partial charge in [-0.2, -0.15) is 13.9 Å². The molecule has 20 heavy (non-hydrogen) atoms. The molecule has 1 rings (SSSR count). The molecule has 0 saturated heterocycles. The van der Waals surface area contributed by atoms with Crippen molar-refractivity contribution in [3.63, 3.8) is 0 Å². The third-order valence-electron chi connectivity index (χ3n) is 2.03. The second-order valence-electron chi connectivity index (χ2n) is 3.32. The van der Waals surface area contributed by atoms with Crippen LogP contribution < -0.4 is 20.6 Å². The van der Waals surface area contributed by atoms with E-state index in [-0.39, 0.29) is 17.1 Å². The van der Waals surface area contributed by atoms with E-state index in [9.17, 15) is 18.4 Å². The Hall–Kier alpha value is -2.71. The molecule has 0 spiro atoms. The summed E-state index contributed by atoms with van der Waals surface area (Å²) in [6.45, 7) is -3.06. The van der Waals surface area contributed by atoms with Crippen LogP contribution in [0.4, 0.5) is 8.78 Å². The van der Waals surface area contributed by atoms with Crippen LogP contribution >= 0.6 is 0 Å². The zero-order valence-corrected chi connectivity index (χ0v) is 10.3. The lowest BCUT2D eigenvalue weighted by Gasteiger charge is -2.11. The lowest BCUT2D eigenvalue weighted by Crippen LogP contribution is -2.32. The van der Waals surface area contributed by atoms with Crippen LogP contribution in [0.15, 0.2) is 23.3 Å². The van der Waals surface area contributed by atoms with Gasteiger partial charge >= 0.3 is 18.4 Å². The van der Waals surface area contributed by atoms with Crippen LogP contribution in [-0.4, -0.2) is 31.8 Å². The van der Waals surface area contributed by atoms with Crippen LogP contribution in [0.25, 0.3) is 0 Å². The summed E-state index contributed by atoms with van der Waals surface area (Å²) >= 11 is 0. The molecule has 0 fully saturated rings. The molecule has 0 aromatic heterocycles. The molecule has 7 nitrogen and oxygen atoms in total. The fourth-order valence-electron chi connectivity index (χ4n) is 1.23. The van der Waals surface area contributed by atoms with Crippen LogP contribution in [-0.2, 0) is 9.59 Å². The van der Waals surface area contributed by atoms with Gasteiger partial charge in [-0.1, -0.05) is 6.07 Å². The number of ether oxygens (including phenoxy) is 2. The Kier molecular flexibility index (Phi) is 5.39. The van der Waals surface area contributed by atoms with Gasteiger partial charge in [-0.3, -0.25) is 9.59 Å². The number of alkyl halides is 2. The number of halogens is 2. The number of benzene rings is 1. The lowest BCUT2D eigenvalue weighted by molar-refractivity contribution is -0.137. The minimum absolute atomic E-state index is 0.0653. The molecule has 0 saturated carbocycles. The number of para-hydroxylation sites is 1. The SMILES string of the molecule is COc1cccc(/C=N\NC(=O)C(N)=O)c1OC(F)F. The van der Waals surface area contributed by atoms with Crippen LogP contribution in [0.1, 0.15) is 5.56 Å². The number of hydrogen-bond acceptors (Lipinski definition) is 5. The maximum atomic E-state index is 12.3. The molecule has 108 valence electrons. The van der Waals surface area contributed by atoms with Gasteiger partial charge in [0.25, 0.3) is 0 Å². The summed E-state index contributed by atoms with van der Waals surface area (Å²) in [5, 5.41) is 3.40. The predicted octanol–water partition coefficient (Wildman–Crippen LogP) is 0.232. The van der Waals surface area contributed by atoms with E-state index < -0.39 is 18.4 Å². The molecule has 0 radical (unpaired) electrons. The third-order valence-corrected chi connectivity index (χ3v) is 2.03. The Morgan fingerprint density at radius 3 is 2.70 bits per heavy atom. The van der Waals surface area contributed by atoms with Gasteiger partial charge in [0.05, 0.1) is 13.3 Å². The highest BCUT2D eigenvalue weighted by Gasteiger charge is 2.14. The van der Waals surface area contributed by atoms with E-state index in [1.807, 2.05) is 5.43 Å². The van der Waals surface area contributed by atoms with E-state index in [2.05, 4.69) is 15.6 Å². The van der Waals surface area contributed by atoms with Gasteiger partial charge in [-0.25, -0.2) is 5.43 Å². The third kappa shape index (κ3) is 4.19.